The van der Waals surface area contributed by atoms with Crippen molar-refractivity contribution in [2.24, 2.45) is 0 Å². The van der Waals surface area contributed by atoms with Crippen LogP contribution in [0, 0.1) is 0 Å². The van der Waals surface area contributed by atoms with Gasteiger partial charge in [0, 0.05) is 18.5 Å². The highest BCUT2D eigenvalue weighted by atomic mass is 16.5. The molecule has 0 unspecified atom stereocenters. The van der Waals surface area contributed by atoms with E-state index in [1.807, 2.05) is 0 Å². The zero-order valence-electron chi connectivity index (χ0n) is 15.2. The lowest BCUT2D eigenvalue weighted by Gasteiger charge is -2.09. The van der Waals surface area contributed by atoms with Crippen LogP contribution in [0.5, 0.6) is 0 Å². The zero-order chi connectivity index (χ0) is 16.9. The molecule has 1 fully saturated rings. The Morgan fingerprint density at radius 3 is 2.48 bits per heavy atom. The fraction of sp³-hybridized carbons (Fsp3) is 0.947. The Morgan fingerprint density at radius 2 is 1.74 bits per heavy atom. The first-order valence-electron chi connectivity index (χ1n) is 9.68. The molecule has 0 bridgehead atoms. The summed E-state index contributed by atoms with van der Waals surface area (Å²) in [5, 5.41) is 13.5. The Labute approximate surface area is 142 Å². The first kappa shape index (κ1) is 20.4. The van der Waals surface area contributed by atoms with Crippen LogP contribution in [0.2, 0.25) is 0 Å². The summed E-state index contributed by atoms with van der Waals surface area (Å²) < 4.78 is 4.63. The number of rotatable bonds is 15. The molecular weight excluding hydrogens is 290 g/mol. The molecule has 1 aliphatic heterocycles. The maximum atomic E-state index is 11.0. The standard InChI is InChI=1S/C19H37NO3/c1-3-4-5-9-12-16(21)15-18-17(20-18)13-10-7-6-8-11-14-19(22)23-2/h16-18,20-21H,3-15H2,1-2H3/t16-,17-,18+/m1/s1. The number of hydrogen-bond acceptors (Lipinski definition) is 4. The molecule has 23 heavy (non-hydrogen) atoms. The van der Waals surface area contributed by atoms with Crippen LogP contribution in [-0.2, 0) is 9.53 Å². The largest absolute Gasteiger partial charge is 0.469 e. The van der Waals surface area contributed by atoms with Gasteiger partial charge in [0.15, 0.2) is 0 Å². The molecule has 4 heteroatoms. The first-order valence-corrected chi connectivity index (χ1v) is 9.68. The predicted molar refractivity (Wildman–Crippen MR) is 94.4 cm³/mol. The number of ether oxygens (including phenoxy) is 1. The molecule has 1 saturated heterocycles. The molecule has 0 aromatic carbocycles. The third kappa shape index (κ3) is 10.7. The predicted octanol–water partition coefficient (Wildman–Crippen LogP) is 3.95. The van der Waals surface area contributed by atoms with Gasteiger partial charge in [0.1, 0.15) is 0 Å². The second kappa shape index (κ2) is 12.8. The van der Waals surface area contributed by atoms with Crippen molar-refractivity contribution >= 4 is 5.97 Å². The van der Waals surface area contributed by atoms with Gasteiger partial charge in [-0.05, 0) is 25.7 Å². The molecule has 0 saturated carbocycles. The van der Waals surface area contributed by atoms with Crippen LogP contribution >= 0.6 is 0 Å². The number of carbonyl (C=O) groups is 1. The first-order chi connectivity index (χ1) is 11.2. The van der Waals surface area contributed by atoms with E-state index in [1.165, 1.54) is 52.1 Å². The van der Waals surface area contributed by atoms with E-state index in [1.54, 1.807) is 0 Å². The molecule has 0 radical (unpaired) electrons. The minimum atomic E-state index is -0.118. The second-order valence-corrected chi connectivity index (χ2v) is 7.00. The minimum absolute atomic E-state index is 0.0942. The lowest BCUT2D eigenvalue weighted by Crippen LogP contribution is -2.11. The smallest absolute Gasteiger partial charge is 0.305 e. The molecule has 0 amide bonds. The number of hydrogen-bond donors (Lipinski definition) is 2. The van der Waals surface area contributed by atoms with Crippen LogP contribution in [0.15, 0.2) is 0 Å². The minimum Gasteiger partial charge on any atom is -0.469 e. The van der Waals surface area contributed by atoms with Crippen LogP contribution in [0.4, 0.5) is 0 Å². The molecule has 0 spiro atoms. The van der Waals surface area contributed by atoms with Crippen LogP contribution in [0.25, 0.3) is 0 Å². The second-order valence-electron chi connectivity index (χ2n) is 7.00. The van der Waals surface area contributed by atoms with Crippen LogP contribution in [-0.4, -0.2) is 36.4 Å². The van der Waals surface area contributed by atoms with Gasteiger partial charge in [-0.3, -0.25) is 4.79 Å². The number of unbranched alkanes of at least 4 members (excludes halogenated alkanes) is 7. The summed E-state index contributed by atoms with van der Waals surface area (Å²) in [4.78, 5) is 11.0. The van der Waals surface area contributed by atoms with E-state index in [4.69, 9.17) is 0 Å². The molecule has 1 aliphatic rings. The Balaban J connectivity index is 1.86. The average molecular weight is 328 g/mol. The van der Waals surface area contributed by atoms with Gasteiger partial charge in [0.25, 0.3) is 0 Å². The van der Waals surface area contributed by atoms with E-state index in [0.29, 0.717) is 18.5 Å². The fourth-order valence-corrected chi connectivity index (χ4v) is 3.22. The summed E-state index contributed by atoms with van der Waals surface area (Å²) in [6.07, 6.45) is 14.3. The van der Waals surface area contributed by atoms with Crippen molar-refractivity contribution in [3.8, 4) is 0 Å². The van der Waals surface area contributed by atoms with Crippen molar-refractivity contribution in [1.29, 1.82) is 0 Å². The fourth-order valence-electron chi connectivity index (χ4n) is 3.22. The summed E-state index contributed by atoms with van der Waals surface area (Å²) >= 11 is 0. The number of nitrogens with one attached hydrogen (secondary N) is 1. The highest BCUT2D eigenvalue weighted by Crippen LogP contribution is 2.24. The maximum Gasteiger partial charge on any atom is 0.305 e. The van der Waals surface area contributed by atoms with E-state index >= 15 is 0 Å². The normalized spacial score (nSPS) is 21.2. The van der Waals surface area contributed by atoms with E-state index in [0.717, 1.165) is 32.1 Å². The number of esters is 1. The van der Waals surface area contributed by atoms with Crippen molar-refractivity contribution in [2.75, 3.05) is 7.11 Å². The van der Waals surface area contributed by atoms with Crippen molar-refractivity contribution in [3.05, 3.63) is 0 Å². The van der Waals surface area contributed by atoms with Gasteiger partial charge in [-0.25, -0.2) is 0 Å². The van der Waals surface area contributed by atoms with Crippen molar-refractivity contribution < 1.29 is 14.6 Å². The summed E-state index contributed by atoms with van der Waals surface area (Å²) in [5.41, 5.74) is 0. The lowest BCUT2D eigenvalue weighted by atomic mass is 10.0. The topological polar surface area (TPSA) is 68.5 Å². The third-order valence-electron chi connectivity index (χ3n) is 4.85. The Hall–Kier alpha value is -0.610. The van der Waals surface area contributed by atoms with Gasteiger partial charge in [0.2, 0.25) is 0 Å². The van der Waals surface area contributed by atoms with Crippen molar-refractivity contribution in [2.45, 2.75) is 109 Å². The molecule has 0 aliphatic carbocycles. The molecule has 4 nitrogen and oxygen atoms in total. The summed E-state index contributed by atoms with van der Waals surface area (Å²) in [7, 11) is 1.45. The van der Waals surface area contributed by atoms with Crippen LogP contribution in [0.3, 0.4) is 0 Å². The molecule has 2 N–H and O–H groups in total. The Kier molecular flexibility index (Phi) is 11.3. The average Bonchev–Trinajstić information content (AvgIpc) is 3.28. The molecule has 0 aromatic heterocycles. The SMILES string of the molecule is CCCCCC[C@@H](O)C[C@@H]1N[C@@H]1CCCCCCCC(=O)OC. The van der Waals surface area contributed by atoms with Crippen molar-refractivity contribution in [1.82, 2.24) is 5.32 Å². The van der Waals surface area contributed by atoms with E-state index in [-0.39, 0.29) is 12.1 Å². The summed E-state index contributed by atoms with van der Waals surface area (Å²) in [6, 6.07) is 1.19. The highest BCUT2D eigenvalue weighted by Gasteiger charge is 2.36. The number of aliphatic hydroxyl groups is 1. The molecule has 0 aromatic rings. The van der Waals surface area contributed by atoms with E-state index in [2.05, 4.69) is 17.0 Å². The third-order valence-corrected chi connectivity index (χ3v) is 4.85. The molecule has 136 valence electrons. The highest BCUT2D eigenvalue weighted by molar-refractivity contribution is 5.68. The number of aliphatic hydroxyl groups excluding tert-OH is 1. The van der Waals surface area contributed by atoms with Gasteiger partial charge >= 0.3 is 5.97 Å². The molecule has 1 heterocycles. The number of methoxy groups -OCH3 is 1. The van der Waals surface area contributed by atoms with E-state index in [9.17, 15) is 9.90 Å². The Morgan fingerprint density at radius 1 is 1.04 bits per heavy atom. The zero-order valence-corrected chi connectivity index (χ0v) is 15.2. The lowest BCUT2D eigenvalue weighted by molar-refractivity contribution is -0.140. The van der Waals surface area contributed by atoms with Crippen LogP contribution < -0.4 is 5.32 Å². The summed E-state index contributed by atoms with van der Waals surface area (Å²) in [5.74, 6) is -0.0942. The molecule has 3 atom stereocenters. The number of carbonyl (C=O) groups excluding carboxylic acids is 1. The quantitative estimate of drug-likeness (QED) is 0.271. The van der Waals surface area contributed by atoms with Gasteiger partial charge in [-0.15, -0.1) is 0 Å². The van der Waals surface area contributed by atoms with Crippen molar-refractivity contribution in [3.63, 3.8) is 0 Å². The summed E-state index contributed by atoms with van der Waals surface area (Å²) in [6.45, 7) is 2.22. The van der Waals surface area contributed by atoms with Gasteiger partial charge in [-0.2, -0.15) is 0 Å². The van der Waals surface area contributed by atoms with Crippen LogP contribution in [0.1, 0.15) is 90.4 Å². The van der Waals surface area contributed by atoms with E-state index < -0.39 is 0 Å². The van der Waals surface area contributed by atoms with Gasteiger partial charge in [-0.1, -0.05) is 58.3 Å². The molecule has 1 rings (SSSR count). The molecular formula is C19H37NO3. The van der Waals surface area contributed by atoms with Gasteiger partial charge in [0.05, 0.1) is 13.2 Å². The van der Waals surface area contributed by atoms with Gasteiger partial charge < -0.3 is 15.2 Å². The monoisotopic (exact) mass is 327 g/mol. The maximum absolute atomic E-state index is 11.0. The Bertz CT molecular complexity index is 309.